The van der Waals surface area contributed by atoms with E-state index in [1.807, 2.05) is 13.0 Å². The van der Waals surface area contributed by atoms with Gasteiger partial charge in [-0.3, -0.25) is 9.10 Å². The van der Waals surface area contributed by atoms with Gasteiger partial charge < -0.3 is 15.4 Å². The first kappa shape index (κ1) is 17.7. The minimum absolute atomic E-state index is 0.173. The Bertz CT molecular complexity index is 661. The molecule has 8 heteroatoms. The maximum atomic E-state index is 12.1. The van der Waals surface area contributed by atoms with E-state index >= 15 is 0 Å². The Morgan fingerprint density at radius 3 is 2.83 bits per heavy atom. The molecule has 1 aliphatic heterocycles. The average Bonchev–Trinajstić information content (AvgIpc) is 2.85. The maximum Gasteiger partial charge on any atom is 0.238 e. The molecule has 0 unspecified atom stereocenters. The van der Waals surface area contributed by atoms with Gasteiger partial charge in [-0.1, -0.05) is 6.07 Å². The molecule has 1 heterocycles. The number of hydrogen-bond acceptors (Lipinski definition) is 5. The Labute approximate surface area is 137 Å². The number of anilines is 2. The van der Waals surface area contributed by atoms with Crippen LogP contribution in [-0.2, 0) is 19.6 Å². The first-order valence-electron chi connectivity index (χ1n) is 7.54. The lowest BCUT2D eigenvalue weighted by Gasteiger charge is -2.20. The number of hydrogen-bond donors (Lipinski definition) is 2. The Hall–Kier alpha value is -1.64. The molecule has 1 saturated heterocycles. The highest BCUT2D eigenvalue weighted by molar-refractivity contribution is 7.93. The molecule has 1 amide bonds. The summed E-state index contributed by atoms with van der Waals surface area (Å²) in [6.45, 7) is 3.65. The van der Waals surface area contributed by atoms with Crippen LogP contribution in [0.3, 0.4) is 0 Å². The van der Waals surface area contributed by atoms with Crippen LogP contribution in [0.1, 0.15) is 12.0 Å². The van der Waals surface area contributed by atoms with Crippen LogP contribution in [0.4, 0.5) is 11.4 Å². The fourth-order valence-electron chi connectivity index (χ4n) is 2.45. The van der Waals surface area contributed by atoms with E-state index < -0.39 is 10.0 Å². The van der Waals surface area contributed by atoms with Gasteiger partial charge in [0.2, 0.25) is 15.9 Å². The molecular formula is C15H23N3O4S. The zero-order valence-electron chi connectivity index (χ0n) is 13.5. The fourth-order valence-corrected chi connectivity index (χ4v) is 4.07. The van der Waals surface area contributed by atoms with Crippen molar-refractivity contribution in [2.45, 2.75) is 13.3 Å². The summed E-state index contributed by atoms with van der Waals surface area (Å²) in [5.74, 6) is -0.00732. The van der Waals surface area contributed by atoms with E-state index in [0.717, 1.165) is 5.56 Å². The summed E-state index contributed by atoms with van der Waals surface area (Å²) in [6.07, 6.45) is 0.627. The first-order chi connectivity index (χ1) is 10.9. The number of nitrogens with zero attached hydrogens (tertiary/aromatic N) is 1. The van der Waals surface area contributed by atoms with Crippen molar-refractivity contribution in [1.29, 1.82) is 0 Å². The number of sulfonamides is 1. The lowest BCUT2D eigenvalue weighted by Crippen LogP contribution is -2.30. The molecule has 0 bridgehead atoms. The predicted octanol–water partition coefficient (Wildman–Crippen LogP) is 0.709. The summed E-state index contributed by atoms with van der Waals surface area (Å²) in [5.41, 5.74) is 2.09. The van der Waals surface area contributed by atoms with Gasteiger partial charge in [-0.05, 0) is 31.0 Å². The fraction of sp³-hybridized carbons (Fsp3) is 0.533. The molecule has 1 aliphatic rings. The summed E-state index contributed by atoms with van der Waals surface area (Å²) in [4.78, 5) is 11.9. The highest BCUT2D eigenvalue weighted by Crippen LogP contribution is 2.29. The first-order valence-corrected chi connectivity index (χ1v) is 9.15. The summed E-state index contributed by atoms with van der Waals surface area (Å²) in [7, 11) is -1.63. The monoisotopic (exact) mass is 341 g/mol. The molecule has 1 aromatic carbocycles. The molecule has 128 valence electrons. The molecule has 0 radical (unpaired) electrons. The minimum Gasteiger partial charge on any atom is -0.383 e. The van der Waals surface area contributed by atoms with E-state index in [4.69, 9.17) is 4.74 Å². The van der Waals surface area contributed by atoms with Crippen molar-refractivity contribution in [2.75, 3.05) is 48.7 Å². The second kappa shape index (κ2) is 7.76. The molecule has 0 aliphatic carbocycles. The van der Waals surface area contributed by atoms with Gasteiger partial charge in [-0.2, -0.15) is 0 Å². The quantitative estimate of drug-likeness (QED) is 0.713. The SMILES string of the molecule is COCCNCC(=O)Nc1ccc(C)c(N2CCCS2(=O)=O)c1. The van der Waals surface area contributed by atoms with E-state index in [0.29, 0.717) is 37.5 Å². The number of carbonyl (C=O) groups excluding carboxylic acids is 1. The topological polar surface area (TPSA) is 87.7 Å². The number of methoxy groups -OCH3 is 1. The van der Waals surface area contributed by atoms with Crippen LogP contribution in [0.5, 0.6) is 0 Å². The van der Waals surface area contributed by atoms with Gasteiger partial charge in [0.15, 0.2) is 0 Å². The molecule has 1 aromatic rings. The Balaban J connectivity index is 2.04. The molecular weight excluding hydrogens is 318 g/mol. The third kappa shape index (κ3) is 4.66. The highest BCUT2D eigenvalue weighted by Gasteiger charge is 2.29. The zero-order chi connectivity index (χ0) is 16.9. The molecule has 0 saturated carbocycles. The number of nitrogens with one attached hydrogen (secondary N) is 2. The summed E-state index contributed by atoms with van der Waals surface area (Å²) in [6, 6.07) is 5.30. The number of ether oxygens (including phenoxy) is 1. The van der Waals surface area contributed by atoms with Gasteiger partial charge in [-0.15, -0.1) is 0 Å². The van der Waals surface area contributed by atoms with Crippen LogP contribution in [-0.4, -0.2) is 53.4 Å². The van der Waals surface area contributed by atoms with Crippen LogP contribution in [0.2, 0.25) is 0 Å². The summed E-state index contributed by atoms with van der Waals surface area (Å²) in [5, 5.41) is 5.73. The lowest BCUT2D eigenvalue weighted by molar-refractivity contribution is -0.115. The minimum atomic E-state index is -3.23. The average molecular weight is 341 g/mol. The van der Waals surface area contributed by atoms with Crippen molar-refractivity contribution in [1.82, 2.24) is 5.32 Å². The van der Waals surface area contributed by atoms with Crippen LogP contribution in [0.15, 0.2) is 18.2 Å². The Morgan fingerprint density at radius 1 is 1.39 bits per heavy atom. The van der Waals surface area contributed by atoms with E-state index in [1.54, 1.807) is 19.2 Å². The van der Waals surface area contributed by atoms with Crippen molar-refractivity contribution in [3.8, 4) is 0 Å². The van der Waals surface area contributed by atoms with E-state index in [1.165, 1.54) is 4.31 Å². The van der Waals surface area contributed by atoms with Crippen molar-refractivity contribution >= 4 is 27.3 Å². The normalized spacial score (nSPS) is 16.5. The third-order valence-electron chi connectivity index (χ3n) is 3.63. The van der Waals surface area contributed by atoms with Crippen molar-refractivity contribution in [3.63, 3.8) is 0 Å². The summed E-state index contributed by atoms with van der Waals surface area (Å²) < 4.78 is 30.5. The van der Waals surface area contributed by atoms with Crippen LogP contribution >= 0.6 is 0 Å². The Morgan fingerprint density at radius 2 is 2.17 bits per heavy atom. The largest absolute Gasteiger partial charge is 0.383 e. The number of carbonyl (C=O) groups is 1. The van der Waals surface area contributed by atoms with E-state index in [9.17, 15) is 13.2 Å². The van der Waals surface area contributed by atoms with Crippen molar-refractivity contribution in [2.24, 2.45) is 0 Å². The molecule has 23 heavy (non-hydrogen) atoms. The van der Waals surface area contributed by atoms with Crippen LogP contribution in [0, 0.1) is 6.92 Å². The number of benzene rings is 1. The van der Waals surface area contributed by atoms with Gasteiger partial charge >= 0.3 is 0 Å². The van der Waals surface area contributed by atoms with Gasteiger partial charge in [0.05, 0.1) is 24.6 Å². The number of rotatable bonds is 7. The molecule has 1 fully saturated rings. The molecule has 2 N–H and O–H groups in total. The van der Waals surface area contributed by atoms with Crippen molar-refractivity contribution < 1.29 is 17.9 Å². The summed E-state index contributed by atoms with van der Waals surface area (Å²) >= 11 is 0. The lowest BCUT2D eigenvalue weighted by atomic mass is 10.1. The predicted molar refractivity (Wildman–Crippen MR) is 90.3 cm³/mol. The molecule has 0 aromatic heterocycles. The van der Waals surface area contributed by atoms with Gasteiger partial charge in [0.1, 0.15) is 0 Å². The molecule has 0 spiro atoms. The van der Waals surface area contributed by atoms with Gasteiger partial charge in [-0.25, -0.2) is 8.42 Å². The zero-order valence-corrected chi connectivity index (χ0v) is 14.3. The second-order valence-corrected chi connectivity index (χ2v) is 7.47. The Kier molecular flexibility index (Phi) is 5.97. The van der Waals surface area contributed by atoms with Gasteiger partial charge in [0, 0.05) is 25.9 Å². The van der Waals surface area contributed by atoms with Crippen LogP contribution in [0.25, 0.3) is 0 Å². The standard InChI is InChI=1S/C15H23N3O4S/c1-12-4-5-13(17-15(19)11-16-6-8-22-2)10-14(12)18-7-3-9-23(18,20)21/h4-5,10,16H,3,6-9,11H2,1-2H3,(H,17,19). The molecule has 0 atom stereocenters. The van der Waals surface area contributed by atoms with Gasteiger partial charge in [0.25, 0.3) is 0 Å². The maximum absolute atomic E-state index is 12.1. The van der Waals surface area contributed by atoms with E-state index in [2.05, 4.69) is 10.6 Å². The van der Waals surface area contributed by atoms with Crippen molar-refractivity contribution in [3.05, 3.63) is 23.8 Å². The second-order valence-electron chi connectivity index (χ2n) is 5.46. The highest BCUT2D eigenvalue weighted by atomic mass is 32.2. The van der Waals surface area contributed by atoms with Crippen LogP contribution < -0.4 is 14.9 Å². The van der Waals surface area contributed by atoms with E-state index in [-0.39, 0.29) is 18.2 Å². The number of amides is 1. The number of aryl methyl sites for hydroxylation is 1. The molecule has 7 nitrogen and oxygen atoms in total. The smallest absolute Gasteiger partial charge is 0.238 e. The molecule has 2 rings (SSSR count). The third-order valence-corrected chi connectivity index (χ3v) is 5.48.